The Bertz CT molecular complexity index is 453. The maximum absolute atomic E-state index is 12.3. The summed E-state index contributed by atoms with van der Waals surface area (Å²) >= 11 is 3.12. The number of hydrogen-bond donors (Lipinski definition) is 1. The van der Waals surface area contributed by atoms with Crippen LogP contribution in [-0.4, -0.2) is 18.3 Å². The molecule has 0 unspecified atom stereocenters. The van der Waals surface area contributed by atoms with Gasteiger partial charge in [-0.15, -0.1) is 0 Å². The number of carbonyl (C=O) groups excluding carboxylic acids is 1. The van der Waals surface area contributed by atoms with Gasteiger partial charge in [-0.05, 0) is 17.7 Å². The molecule has 1 rings (SSSR count). The van der Waals surface area contributed by atoms with Gasteiger partial charge in [-0.1, -0.05) is 28.1 Å². The molecule has 2 nitrogen and oxygen atoms in total. The Morgan fingerprint density at radius 2 is 1.50 bits per heavy atom. The smallest absolute Gasteiger partial charge is 0.325 e. The Morgan fingerprint density at radius 3 is 1.85 bits per heavy atom. The summed E-state index contributed by atoms with van der Waals surface area (Å²) < 4.78 is 73.8. The summed E-state index contributed by atoms with van der Waals surface area (Å²) in [5.41, 5.74) is 0.615. The molecule has 0 atom stereocenters. The fourth-order valence-electron chi connectivity index (χ4n) is 1.37. The minimum atomic E-state index is -5.70. The summed E-state index contributed by atoms with van der Waals surface area (Å²) in [6.45, 7) is 0. The number of amides is 1. The van der Waals surface area contributed by atoms with Crippen molar-refractivity contribution in [1.29, 1.82) is 0 Å². The lowest BCUT2D eigenvalue weighted by molar-refractivity contribution is -0.272. The number of anilines is 1. The van der Waals surface area contributed by atoms with Crippen molar-refractivity contribution < 1.29 is 31.1 Å². The van der Waals surface area contributed by atoms with Crippen molar-refractivity contribution in [2.45, 2.75) is 17.7 Å². The van der Waals surface area contributed by atoms with Gasteiger partial charge in [0.15, 0.2) is 0 Å². The van der Waals surface area contributed by atoms with Gasteiger partial charge in [0, 0.05) is 11.0 Å². The SMILES string of the molecule is O=C(Nc1ccc(CBr)cc1)C(C(F)(F)F)C(F)(F)F. The van der Waals surface area contributed by atoms with E-state index in [1.165, 1.54) is 24.3 Å². The molecule has 0 aliphatic heterocycles. The molecule has 0 radical (unpaired) electrons. The number of alkyl halides is 7. The largest absolute Gasteiger partial charge is 0.409 e. The van der Waals surface area contributed by atoms with Gasteiger partial charge in [-0.25, -0.2) is 0 Å². The van der Waals surface area contributed by atoms with Crippen LogP contribution in [0.1, 0.15) is 5.56 Å². The number of carbonyl (C=O) groups is 1. The van der Waals surface area contributed by atoms with Crippen LogP contribution in [0, 0.1) is 5.92 Å². The fraction of sp³-hybridized carbons (Fsp3) is 0.364. The molecule has 0 spiro atoms. The average molecular weight is 364 g/mol. The van der Waals surface area contributed by atoms with Gasteiger partial charge in [0.2, 0.25) is 11.8 Å². The standard InChI is InChI=1S/C11H8BrF6NO/c12-5-6-1-3-7(4-2-6)19-9(20)8(10(13,14)15)11(16,17)18/h1-4,8H,5H2,(H,19,20). The molecule has 0 bridgehead atoms. The third kappa shape index (κ3) is 4.39. The van der Waals surface area contributed by atoms with Gasteiger partial charge in [-0.3, -0.25) is 4.79 Å². The van der Waals surface area contributed by atoms with Crippen molar-refractivity contribution in [3.63, 3.8) is 0 Å². The Labute approximate surface area is 118 Å². The van der Waals surface area contributed by atoms with Crippen molar-refractivity contribution in [2.75, 3.05) is 5.32 Å². The van der Waals surface area contributed by atoms with Crippen molar-refractivity contribution in [1.82, 2.24) is 0 Å². The maximum atomic E-state index is 12.3. The molecule has 0 saturated heterocycles. The van der Waals surface area contributed by atoms with E-state index in [0.29, 0.717) is 5.33 Å². The zero-order valence-corrected chi connectivity index (χ0v) is 11.2. The highest BCUT2D eigenvalue weighted by Gasteiger charge is 2.61. The highest BCUT2D eigenvalue weighted by Crippen LogP contribution is 2.39. The Hall–Kier alpha value is -1.25. The Morgan fingerprint density at radius 1 is 1.05 bits per heavy atom. The number of rotatable bonds is 3. The zero-order chi connectivity index (χ0) is 15.6. The predicted octanol–water partition coefficient (Wildman–Crippen LogP) is 4.26. The minimum absolute atomic E-state index is 0.141. The normalized spacial score (nSPS) is 12.6. The van der Waals surface area contributed by atoms with Crippen LogP contribution in [0.4, 0.5) is 32.0 Å². The quantitative estimate of drug-likeness (QED) is 0.630. The molecule has 0 fully saturated rings. The Balaban J connectivity index is 2.91. The maximum Gasteiger partial charge on any atom is 0.409 e. The van der Waals surface area contributed by atoms with Crippen LogP contribution in [0.5, 0.6) is 0 Å². The third-order valence-electron chi connectivity index (χ3n) is 2.29. The van der Waals surface area contributed by atoms with Gasteiger partial charge >= 0.3 is 12.4 Å². The van der Waals surface area contributed by atoms with E-state index in [4.69, 9.17) is 0 Å². The van der Waals surface area contributed by atoms with E-state index in [1.807, 2.05) is 0 Å². The first-order valence-electron chi connectivity index (χ1n) is 5.15. The molecule has 0 aliphatic rings. The van der Waals surface area contributed by atoms with Gasteiger partial charge in [0.1, 0.15) is 0 Å². The lowest BCUT2D eigenvalue weighted by Gasteiger charge is -2.22. The Kier molecular flexibility index (Phi) is 5.06. The molecule has 1 aromatic rings. The summed E-state index contributed by atoms with van der Waals surface area (Å²) in [6.07, 6.45) is -11.4. The molecule has 1 N–H and O–H groups in total. The van der Waals surface area contributed by atoms with Crippen LogP contribution >= 0.6 is 15.9 Å². The summed E-state index contributed by atoms with van der Waals surface area (Å²) in [5.74, 6) is -6.21. The summed E-state index contributed by atoms with van der Waals surface area (Å²) in [6, 6.07) is 5.36. The monoisotopic (exact) mass is 363 g/mol. The molecule has 1 aromatic carbocycles. The first kappa shape index (κ1) is 16.8. The number of nitrogens with one attached hydrogen (secondary N) is 1. The topological polar surface area (TPSA) is 29.1 Å². The molecule has 112 valence electrons. The number of halogens is 7. The first-order chi connectivity index (χ1) is 9.05. The molecule has 0 aromatic heterocycles. The number of hydrogen-bond acceptors (Lipinski definition) is 1. The van der Waals surface area contributed by atoms with E-state index in [0.717, 1.165) is 5.56 Å². The molecule has 0 saturated carbocycles. The van der Waals surface area contributed by atoms with Crippen molar-refractivity contribution in [2.24, 2.45) is 5.92 Å². The second-order valence-electron chi connectivity index (χ2n) is 3.84. The van der Waals surface area contributed by atoms with Crippen LogP contribution in [0.15, 0.2) is 24.3 Å². The van der Waals surface area contributed by atoms with Crippen LogP contribution < -0.4 is 5.32 Å². The van der Waals surface area contributed by atoms with Crippen LogP contribution in [0.25, 0.3) is 0 Å². The highest BCUT2D eigenvalue weighted by molar-refractivity contribution is 9.08. The van der Waals surface area contributed by atoms with Gasteiger partial charge in [-0.2, -0.15) is 26.3 Å². The van der Waals surface area contributed by atoms with Gasteiger partial charge < -0.3 is 5.32 Å². The summed E-state index contributed by atoms with van der Waals surface area (Å²) in [4.78, 5) is 11.2. The number of benzene rings is 1. The molecular formula is C11H8BrF6NO. The zero-order valence-electron chi connectivity index (χ0n) is 9.65. The van der Waals surface area contributed by atoms with Crippen molar-refractivity contribution >= 4 is 27.5 Å². The summed E-state index contributed by atoms with van der Waals surface area (Å²) in [5, 5.41) is 2.08. The van der Waals surface area contributed by atoms with Crippen molar-refractivity contribution in [3.8, 4) is 0 Å². The molecule has 20 heavy (non-hydrogen) atoms. The predicted molar refractivity (Wildman–Crippen MR) is 63.3 cm³/mol. The van der Waals surface area contributed by atoms with E-state index in [2.05, 4.69) is 15.9 Å². The lowest BCUT2D eigenvalue weighted by atomic mass is 10.1. The fourth-order valence-corrected chi connectivity index (χ4v) is 1.75. The highest BCUT2D eigenvalue weighted by atomic mass is 79.9. The van der Waals surface area contributed by atoms with E-state index < -0.39 is 24.2 Å². The van der Waals surface area contributed by atoms with Gasteiger partial charge in [0.05, 0.1) is 0 Å². The average Bonchev–Trinajstić information content (AvgIpc) is 2.25. The molecule has 1 amide bonds. The van der Waals surface area contributed by atoms with Crippen LogP contribution in [0.2, 0.25) is 0 Å². The lowest BCUT2D eigenvalue weighted by Crippen LogP contribution is -2.45. The van der Waals surface area contributed by atoms with E-state index >= 15 is 0 Å². The summed E-state index contributed by atoms with van der Waals surface area (Å²) in [7, 11) is 0. The molecule has 0 aliphatic carbocycles. The van der Waals surface area contributed by atoms with Crippen LogP contribution in [-0.2, 0) is 10.1 Å². The second kappa shape index (κ2) is 6.02. The first-order valence-corrected chi connectivity index (χ1v) is 6.27. The van der Waals surface area contributed by atoms with Crippen LogP contribution in [0.3, 0.4) is 0 Å². The third-order valence-corrected chi connectivity index (χ3v) is 2.94. The van der Waals surface area contributed by atoms with E-state index in [-0.39, 0.29) is 5.69 Å². The van der Waals surface area contributed by atoms with Gasteiger partial charge in [0.25, 0.3) is 0 Å². The van der Waals surface area contributed by atoms with E-state index in [1.54, 1.807) is 5.32 Å². The molecule has 9 heteroatoms. The second-order valence-corrected chi connectivity index (χ2v) is 4.40. The van der Waals surface area contributed by atoms with Crippen molar-refractivity contribution in [3.05, 3.63) is 29.8 Å². The van der Waals surface area contributed by atoms with E-state index in [9.17, 15) is 31.1 Å². The molecule has 0 heterocycles. The molecular weight excluding hydrogens is 356 g/mol. The minimum Gasteiger partial charge on any atom is -0.325 e.